The highest BCUT2D eigenvalue weighted by Gasteiger charge is 2.36. The van der Waals surface area contributed by atoms with Crippen molar-refractivity contribution in [2.45, 2.75) is 19.3 Å². The van der Waals surface area contributed by atoms with Gasteiger partial charge in [-0.25, -0.2) is 0 Å². The lowest BCUT2D eigenvalue weighted by Gasteiger charge is -2.23. The molecular formula is C65H44N2. The monoisotopic (exact) mass is 852 g/mol. The zero-order chi connectivity index (χ0) is 44.6. The molecule has 67 heavy (non-hydrogen) atoms. The zero-order valence-electron chi connectivity index (χ0n) is 37.3. The van der Waals surface area contributed by atoms with Gasteiger partial charge >= 0.3 is 0 Å². The molecule has 12 aromatic rings. The summed E-state index contributed by atoms with van der Waals surface area (Å²) in [5.41, 5.74) is 19.8. The van der Waals surface area contributed by atoms with Crippen molar-refractivity contribution in [2.75, 3.05) is 0 Å². The summed E-state index contributed by atoms with van der Waals surface area (Å²) in [7, 11) is 0. The molecule has 2 heteroatoms. The van der Waals surface area contributed by atoms with Crippen molar-refractivity contribution < 1.29 is 0 Å². The van der Waals surface area contributed by atoms with Crippen LogP contribution in [0, 0.1) is 0 Å². The van der Waals surface area contributed by atoms with Gasteiger partial charge < -0.3 is 0 Å². The van der Waals surface area contributed by atoms with E-state index >= 15 is 0 Å². The lowest BCUT2D eigenvalue weighted by molar-refractivity contribution is 0.661. The SMILES string of the molecule is CC1(C)c2cc(-c3ccc(-c4c5ccccc5c(-c5ccccc5)c5ccncc45)cc3)ccc2-c2ccc(-c3ccc(-c4c5ccccc5c(-c5ccccc5)c5ccncc45)cc3)cc21. The Labute approximate surface area is 390 Å². The topological polar surface area (TPSA) is 25.8 Å². The molecule has 10 aromatic carbocycles. The lowest BCUT2D eigenvalue weighted by atomic mass is 9.80. The Hall–Kier alpha value is -8.46. The van der Waals surface area contributed by atoms with Gasteiger partial charge in [0.25, 0.3) is 0 Å². The molecule has 2 aromatic heterocycles. The largest absolute Gasteiger partial charge is 0.264 e. The van der Waals surface area contributed by atoms with Crippen molar-refractivity contribution in [2.24, 2.45) is 0 Å². The highest BCUT2D eigenvalue weighted by Crippen LogP contribution is 2.51. The third kappa shape index (κ3) is 6.18. The first kappa shape index (κ1) is 39.0. The van der Waals surface area contributed by atoms with E-state index in [9.17, 15) is 0 Å². The second-order valence-electron chi connectivity index (χ2n) is 18.5. The van der Waals surface area contributed by atoms with Gasteiger partial charge in [0.1, 0.15) is 0 Å². The molecule has 2 nitrogen and oxygen atoms in total. The molecule has 13 rings (SSSR count). The molecule has 0 N–H and O–H groups in total. The van der Waals surface area contributed by atoms with Crippen LogP contribution in [0.1, 0.15) is 25.0 Å². The second kappa shape index (κ2) is 15.3. The Morgan fingerprint density at radius 1 is 0.269 bits per heavy atom. The van der Waals surface area contributed by atoms with Gasteiger partial charge in [0.15, 0.2) is 0 Å². The Morgan fingerprint density at radius 3 is 0.955 bits per heavy atom. The number of benzene rings is 10. The van der Waals surface area contributed by atoms with E-state index < -0.39 is 0 Å². The fourth-order valence-electron chi connectivity index (χ4n) is 11.3. The minimum atomic E-state index is -0.173. The van der Waals surface area contributed by atoms with E-state index in [4.69, 9.17) is 0 Å². The first-order valence-electron chi connectivity index (χ1n) is 23.2. The predicted molar refractivity (Wildman–Crippen MR) is 282 cm³/mol. The maximum atomic E-state index is 4.63. The van der Waals surface area contributed by atoms with Crippen LogP contribution in [-0.4, -0.2) is 9.97 Å². The average Bonchev–Trinajstić information content (AvgIpc) is 3.62. The number of pyridine rings is 2. The van der Waals surface area contributed by atoms with Gasteiger partial charge in [-0.3, -0.25) is 9.97 Å². The first-order chi connectivity index (χ1) is 33.0. The Kier molecular flexibility index (Phi) is 8.91. The highest BCUT2D eigenvalue weighted by atomic mass is 14.6. The fourth-order valence-corrected chi connectivity index (χ4v) is 11.3. The first-order valence-corrected chi connectivity index (χ1v) is 23.2. The average molecular weight is 853 g/mol. The van der Waals surface area contributed by atoms with Crippen LogP contribution in [0.2, 0.25) is 0 Å². The molecule has 314 valence electrons. The molecule has 0 fully saturated rings. The maximum absolute atomic E-state index is 4.63. The molecular weight excluding hydrogens is 809 g/mol. The quantitative estimate of drug-likeness (QED) is 0.156. The molecule has 0 spiro atoms. The molecule has 0 saturated carbocycles. The highest BCUT2D eigenvalue weighted by molar-refractivity contribution is 6.22. The molecule has 1 aliphatic carbocycles. The summed E-state index contributed by atoms with van der Waals surface area (Å²) < 4.78 is 0. The Morgan fingerprint density at radius 2 is 0.567 bits per heavy atom. The smallest absolute Gasteiger partial charge is 0.0353 e. The van der Waals surface area contributed by atoms with Crippen LogP contribution < -0.4 is 0 Å². The van der Waals surface area contributed by atoms with Gasteiger partial charge in [0, 0.05) is 41.0 Å². The van der Waals surface area contributed by atoms with Crippen LogP contribution in [0.25, 0.3) is 121 Å². The molecule has 0 bridgehead atoms. The summed E-state index contributed by atoms with van der Waals surface area (Å²) >= 11 is 0. The molecule has 0 atom stereocenters. The van der Waals surface area contributed by atoms with Crippen LogP contribution in [-0.2, 0) is 5.41 Å². The Balaban J connectivity index is 0.832. The standard InChI is InChI=1S/C65H44N2/c1-65(2)59-37-47(41-21-25-45(26-22-41)63-53-19-11-9-17-51(53)61(43-13-5-3-6-14-43)55-33-35-66-39-57(55)63)29-31-49(59)50-32-30-48(38-60(50)65)42-23-27-46(28-24-42)64-54-20-12-10-18-52(54)62(44-15-7-4-8-16-44)56-34-36-67-40-58(56)64/h3-40H,1-2H3. The van der Waals surface area contributed by atoms with Crippen molar-refractivity contribution in [3.05, 3.63) is 242 Å². The second-order valence-corrected chi connectivity index (χ2v) is 18.5. The van der Waals surface area contributed by atoms with E-state index in [1.165, 1.54) is 121 Å². The number of rotatable bonds is 6. The number of aromatic nitrogens is 2. The van der Waals surface area contributed by atoms with Crippen LogP contribution in [0.3, 0.4) is 0 Å². The fraction of sp³-hybridized carbons (Fsp3) is 0.0462. The molecule has 2 heterocycles. The van der Waals surface area contributed by atoms with E-state index in [1.54, 1.807) is 0 Å². The molecule has 0 amide bonds. The van der Waals surface area contributed by atoms with Crippen molar-refractivity contribution in [3.8, 4) is 77.9 Å². The molecule has 1 aliphatic rings. The Bertz CT molecular complexity index is 3530. The van der Waals surface area contributed by atoms with Crippen molar-refractivity contribution in [1.29, 1.82) is 0 Å². The normalized spacial score (nSPS) is 12.7. The molecule has 0 unspecified atom stereocenters. The van der Waals surface area contributed by atoms with E-state index in [0.717, 1.165) is 10.8 Å². The molecule has 0 saturated heterocycles. The number of fused-ring (bicyclic) bond motifs is 7. The summed E-state index contributed by atoms with van der Waals surface area (Å²) in [6.45, 7) is 4.76. The summed E-state index contributed by atoms with van der Waals surface area (Å²) in [4.78, 5) is 9.27. The van der Waals surface area contributed by atoms with E-state index in [1.807, 2.05) is 24.8 Å². The summed E-state index contributed by atoms with van der Waals surface area (Å²) in [5.74, 6) is 0. The van der Waals surface area contributed by atoms with Crippen LogP contribution >= 0.6 is 0 Å². The van der Waals surface area contributed by atoms with Gasteiger partial charge in [-0.05, 0) is 146 Å². The molecule has 0 radical (unpaired) electrons. The number of hydrogen-bond donors (Lipinski definition) is 0. The predicted octanol–water partition coefficient (Wildman–Crippen LogP) is 17.4. The zero-order valence-corrected chi connectivity index (χ0v) is 37.3. The van der Waals surface area contributed by atoms with Gasteiger partial charge in [-0.1, -0.05) is 196 Å². The summed E-state index contributed by atoms with van der Waals surface area (Å²) in [6.07, 6.45) is 7.89. The molecule has 0 aliphatic heterocycles. The third-order valence-corrected chi connectivity index (χ3v) is 14.5. The van der Waals surface area contributed by atoms with E-state index in [2.05, 4.69) is 230 Å². The summed E-state index contributed by atoms with van der Waals surface area (Å²) in [5, 5.41) is 9.71. The van der Waals surface area contributed by atoms with Crippen LogP contribution in [0.4, 0.5) is 0 Å². The van der Waals surface area contributed by atoms with Crippen LogP contribution in [0.5, 0.6) is 0 Å². The number of nitrogens with zero attached hydrogens (tertiary/aromatic N) is 2. The third-order valence-electron chi connectivity index (χ3n) is 14.5. The van der Waals surface area contributed by atoms with E-state index in [-0.39, 0.29) is 5.41 Å². The minimum Gasteiger partial charge on any atom is -0.264 e. The van der Waals surface area contributed by atoms with E-state index in [0.29, 0.717) is 0 Å². The van der Waals surface area contributed by atoms with Crippen LogP contribution in [0.15, 0.2) is 231 Å². The van der Waals surface area contributed by atoms with Crippen molar-refractivity contribution >= 4 is 43.1 Å². The number of hydrogen-bond acceptors (Lipinski definition) is 2. The lowest BCUT2D eigenvalue weighted by Crippen LogP contribution is -2.15. The minimum absolute atomic E-state index is 0.173. The van der Waals surface area contributed by atoms with Gasteiger partial charge in [-0.2, -0.15) is 0 Å². The van der Waals surface area contributed by atoms with Crippen molar-refractivity contribution in [3.63, 3.8) is 0 Å². The maximum Gasteiger partial charge on any atom is 0.0353 e. The summed E-state index contributed by atoms with van der Waals surface area (Å²) in [6, 6.07) is 75.8. The van der Waals surface area contributed by atoms with Gasteiger partial charge in [0.05, 0.1) is 0 Å². The van der Waals surface area contributed by atoms with Gasteiger partial charge in [-0.15, -0.1) is 0 Å². The van der Waals surface area contributed by atoms with Crippen molar-refractivity contribution in [1.82, 2.24) is 9.97 Å². The van der Waals surface area contributed by atoms with Gasteiger partial charge in [0.2, 0.25) is 0 Å².